The Labute approximate surface area is 124 Å². The molecule has 0 bridgehead atoms. The Morgan fingerprint density at radius 2 is 1.67 bits per heavy atom. The van der Waals surface area contributed by atoms with E-state index >= 15 is 0 Å². The van der Waals surface area contributed by atoms with Crippen molar-refractivity contribution in [1.29, 1.82) is 0 Å². The zero-order valence-electron chi connectivity index (χ0n) is 11.7. The van der Waals surface area contributed by atoms with E-state index in [4.69, 9.17) is 10.5 Å². The van der Waals surface area contributed by atoms with Gasteiger partial charge in [-0.2, -0.15) is 0 Å². The van der Waals surface area contributed by atoms with Gasteiger partial charge in [-0.15, -0.1) is 0 Å². The normalized spacial score (nSPS) is 11.1. The van der Waals surface area contributed by atoms with E-state index in [0.29, 0.717) is 23.5 Å². The van der Waals surface area contributed by atoms with Crippen molar-refractivity contribution in [1.82, 2.24) is 0 Å². The smallest absolute Gasteiger partial charge is 0.236 e. The number of rotatable bonds is 6. The fourth-order valence-corrected chi connectivity index (χ4v) is 3.24. The second-order valence-corrected chi connectivity index (χ2v) is 6.28. The molecule has 112 valence electrons. The van der Waals surface area contributed by atoms with Crippen molar-refractivity contribution in [3.8, 4) is 5.75 Å². The van der Waals surface area contributed by atoms with Gasteiger partial charge in [-0.05, 0) is 35.4 Å². The van der Waals surface area contributed by atoms with E-state index in [1.165, 1.54) is 0 Å². The molecule has 5 nitrogen and oxygen atoms in total. The Bertz CT molecular complexity index is 697. The first-order valence-corrected chi connectivity index (χ1v) is 8.10. The maximum absolute atomic E-state index is 12.2. The number of sulfonamides is 1. The molecule has 21 heavy (non-hydrogen) atoms. The standard InChI is InChI=1S/C15H18N2O3S/c1-20-15-8-6-14(7-9-15)17-21(18,19)11-13-5-3-2-4-12(13)10-16/h2-9,17H,10-11,16H2,1H3. The van der Waals surface area contributed by atoms with Crippen LogP contribution in [0, 0.1) is 0 Å². The highest BCUT2D eigenvalue weighted by Gasteiger charge is 2.13. The van der Waals surface area contributed by atoms with Crippen molar-refractivity contribution < 1.29 is 13.2 Å². The van der Waals surface area contributed by atoms with Gasteiger partial charge in [0.2, 0.25) is 10.0 Å². The van der Waals surface area contributed by atoms with Crippen molar-refractivity contribution >= 4 is 15.7 Å². The summed E-state index contributed by atoms with van der Waals surface area (Å²) in [6.45, 7) is 0.314. The fraction of sp³-hybridized carbons (Fsp3) is 0.200. The molecule has 0 spiro atoms. The lowest BCUT2D eigenvalue weighted by atomic mass is 10.1. The summed E-state index contributed by atoms with van der Waals surface area (Å²) in [7, 11) is -1.93. The lowest BCUT2D eigenvalue weighted by Crippen LogP contribution is -2.16. The van der Waals surface area contributed by atoms with Gasteiger partial charge in [0.15, 0.2) is 0 Å². The average molecular weight is 306 g/mol. The molecule has 0 saturated carbocycles. The molecule has 0 amide bonds. The molecule has 0 radical (unpaired) electrons. The first-order valence-electron chi connectivity index (χ1n) is 6.45. The molecule has 2 aromatic rings. The van der Waals surface area contributed by atoms with Crippen LogP contribution in [0.5, 0.6) is 5.75 Å². The minimum Gasteiger partial charge on any atom is -0.497 e. The van der Waals surface area contributed by atoms with Crippen LogP contribution in [0.4, 0.5) is 5.69 Å². The lowest BCUT2D eigenvalue weighted by molar-refractivity contribution is 0.415. The molecule has 6 heteroatoms. The van der Waals surface area contributed by atoms with Crippen LogP contribution in [0.1, 0.15) is 11.1 Å². The van der Waals surface area contributed by atoms with Gasteiger partial charge in [0.1, 0.15) is 5.75 Å². The third kappa shape index (κ3) is 4.21. The third-order valence-electron chi connectivity index (χ3n) is 3.05. The summed E-state index contributed by atoms with van der Waals surface area (Å²) in [6, 6.07) is 14.0. The Morgan fingerprint density at radius 3 is 2.24 bits per heavy atom. The van der Waals surface area contributed by atoms with Gasteiger partial charge in [0.05, 0.1) is 12.9 Å². The predicted molar refractivity (Wildman–Crippen MR) is 83.6 cm³/mol. The summed E-state index contributed by atoms with van der Waals surface area (Å²) in [6.07, 6.45) is 0. The van der Waals surface area contributed by atoms with Crippen molar-refractivity contribution in [2.24, 2.45) is 5.73 Å². The monoisotopic (exact) mass is 306 g/mol. The minimum absolute atomic E-state index is 0.105. The summed E-state index contributed by atoms with van der Waals surface area (Å²) in [5.74, 6) is 0.568. The van der Waals surface area contributed by atoms with Gasteiger partial charge in [0.25, 0.3) is 0 Å². The van der Waals surface area contributed by atoms with Gasteiger partial charge in [-0.1, -0.05) is 24.3 Å². The van der Waals surface area contributed by atoms with E-state index in [9.17, 15) is 8.42 Å². The van der Waals surface area contributed by atoms with Crippen LogP contribution in [0.3, 0.4) is 0 Å². The van der Waals surface area contributed by atoms with Gasteiger partial charge in [-0.3, -0.25) is 4.72 Å². The molecule has 0 aliphatic rings. The number of methoxy groups -OCH3 is 1. The molecule has 3 N–H and O–H groups in total. The van der Waals surface area contributed by atoms with E-state index in [2.05, 4.69) is 4.72 Å². The second kappa shape index (κ2) is 6.60. The van der Waals surface area contributed by atoms with Crippen molar-refractivity contribution in [2.45, 2.75) is 12.3 Å². The summed E-state index contributed by atoms with van der Waals surface area (Å²) >= 11 is 0. The maximum Gasteiger partial charge on any atom is 0.236 e. The topological polar surface area (TPSA) is 81.4 Å². The van der Waals surface area contributed by atoms with Crippen LogP contribution in [-0.2, 0) is 22.3 Å². The largest absolute Gasteiger partial charge is 0.497 e. The van der Waals surface area contributed by atoms with Gasteiger partial charge in [0, 0.05) is 12.2 Å². The van der Waals surface area contributed by atoms with E-state index in [1.807, 2.05) is 12.1 Å². The van der Waals surface area contributed by atoms with Crippen molar-refractivity contribution in [3.05, 3.63) is 59.7 Å². The first kappa shape index (κ1) is 15.3. The van der Waals surface area contributed by atoms with Crippen LogP contribution in [0.15, 0.2) is 48.5 Å². The zero-order chi connectivity index (χ0) is 15.3. The molecular formula is C15H18N2O3S. The molecule has 0 heterocycles. The highest BCUT2D eigenvalue weighted by Crippen LogP contribution is 2.18. The number of hydrogen-bond acceptors (Lipinski definition) is 4. The third-order valence-corrected chi connectivity index (χ3v) is 4.28. The first-order chi connectivity index (χ1) is 10.0. The van der Waals surface area contributed by atoms with Crippen LogP contribution < -0.4 is 15.2 Å². The molecule has 0 fully saturated rings. The fourth-order valence-electron chi connectivity index (χ4n) is 1.98. The average Bonchev–Trinajstić information content (AvgIpc) is 2.47. The molecule has 0 unspecified atom stereocenters. The van der Waals surface area contributed by atoms with E-state index < -0.39 is 10.0 Å². The minimum atomic E-state index is -3.49. The Kier molecular flexibility index (Phi) is 4.82. The highest BCUT2D eigenvalue weighted by atomic mass is 32.2. The van der Waals surface area contributed by atoms with Crippen molar-refractivity contribution in [3.63, 3.8) is 0 Å². The number of nitrogens with two attached hydrogens (primary N) is 1. The van der Waals surface area contributed by atoms with Gasteiger partial charge in [-0.25, -0.2) is 8.42 Å². The Hall–Kier alpha value is -2.05. The molecule has 2 rings (SSSR count). The van der Waals surface area contributed by atoms with Gasteiger partial charge < -0.3 is 10.5 Å². The lowest BCUT2D eigenvalue weighted by Gasteiger charge is -2.11. The second-order valence-electron chi connectivity index (χ2n) is 4.56. The Balaban J connectivity index is 2.14. The summed E-state index contributed by atoms with van der Waals surface area (Å²) in [5, 5.41) is 0. The summed E-state index contributed by atoms with van der Waals surface area (Å²) in [4.78, 5) is 0. The van der Waals surface area contributed by atoms with E-state index in [1.54, 1.807) is 43.5 Å². The number of ether oxygens (including phenoxy) is 1. The van der Waals surface area contributed by atoms with Crippen LogP contribution in [-0.4, -0.2) is 15.5 Å². The van der Waals surface area contributed by atoms with Crippen LogP contribution >= 0.6 is 0 Å². The van der Waals surface area contributed by atoms with E-state index in [0.717, 1.165) is 5.56 Å². The number of benzene rings is 2. The number of hydrogen-bond donors (Lipinski definition) is 2. The number of nitrogens with one attached hydrogen (secondary N) is 1. The maximum atomic E-state index is 12.2. The molecule has 0 aromatic heterocycles. The molecule has 0 atom stereocenters. The molecule has 0 aliphatic heterocycles. The molecular weight excluding hydrogens is 288 g/mol. The zero-order valence-corrected chi connectivity index (χ0v) is 12.6. The Morgan fingerprint density at radius 1 is 1.05 bits per heavy atom. The van der Waals surface area contributed by atoms with Crippen molar-refractivity contribution in [2.75, 3.05) is 11.8 Å². The summed E-state index contributed by atoms with van der Waals surface area (Å²) in [5.41, 5.74) is 7.67. The SMILES string of the molecule is COc1ccc(NS(=O)(=O)Cc2ccccc2CN)cc1. The highest BCUT2D eigenvalue weighted by molar-refractivity contribution is 7.91. The van der Waals surface area contributed by atoms with Crippen LogP contribution in [0.2, 0.25) is 0 Å². The molecule has 0 saturated heterocycles. The van der Waals surface area contributed by atoms with E-state index in [-0.39, 0.29) is 5.75 Å². The summed E-state index contributed by atoms with van der Waals surface area (Å²) < 4.78 is 32.0. The van der Waals surface area contributed by atoms with Crippen LogP contribution in [0.25, 0.3) is 0 Å². The van der Waals surface area contributed by atoms with Gasteiger partial charge >= 0.3 is 0 Å². The molecule has 0 aliphatic carbocycles. The predicted octanol–water partition coefficient (Wildman–Crippen LogP) is 2.10. The molecule has 2 aromatic carbocycles. The number of anilines is 1. The quantitative estimate of drug-likeness (QED) is 0.856.